The molecule has 1 aromatic carbocycles. The highest BCUT2D eigenvalue weighted by Crippen LogP contribution is 2.19. The summed E-state index contributed by atoms with van der Waals surface area (Å²) in [5.41, 5.74) is 3.10. The smallest absolute Gasteiger partial charge is 0.351 e. The normalized spacial score (nSPS) is 15.0. The molecule has 4 rings (SSSR count). The van der Waals surface area contributed by atoms with Gasteiger partial charge in [-0.2, -0.15) is 9.78 Å². The molecule has 3 aromatic rings. The third-order valence-electron chi connectivity index (χ3n) is 4.69. The molecule has 10 nitrogen and oxygen atoms in total. The Labute approximate surface area is 188 Å². The molecule has 0 saturated carbocycles. The first-order valence-corrected chi connectivity index (χ1v) is 10.1. The number of amides is 1. The number of benzene rings is 1. The van der Waals surface area contributed by atoms with Crippen LogP contribution >= 0.6 is 0 Å². The average molecular weight is 452 g/mol. The fraction of sp³-hybridized carbons (Fsp3) is 0.273. The van der Waals surface area contributed by atoms with Crippen molar-refractivity contribution in [3.05, 3.63) is 64.9 Å². The molecule has 0 saturated heterocycles. The van der Waals surface area contributed by atoms with Gasteiger partial charge >= 0.3 is 5.97 Å². The summed E-state index contributed by atoms with van der Waals surface area (Å²) in [6, 6.07) is 9.29. The van der Waals surface area contributed by atoms with Crippen molar-refractivity contribution in [1.82, 2.24) is 19.7 Å². The molecule has 1 atom stereocenters. The zero-order valence-corrected chi connectivity index (χ0v) is 18.2. The molecule has 0 aliphatic carbocycles. The Balaban J connectivity index is 1.34. The standard InChI is InChI=1S/C22H21FN6O4/c1-12-7-13(2)25-22(24-12)29-19(8-14(3)27-29)26-20(30)11-32-21(31)18-10-17(28-33-18)15-5-4-6-16(23)9-15/h4-9,18H,10-11H2,1-3H3,(H,26,30). The number of nitrogens with one attached hydrogen (secondary N) is 1. The van der Waals surface area contributed by atoms with Crippen molar-refractivity contribution < 1.29 is 23.6 Å². The molecule has 1 amide bonds. The lowest BCUT2D eigenvalue weighted by Crippen LogP contribution is -2.28. The van der Waals surface area contributed by atoms with Crippen molar-refractivity contribution in [2.75, 3.05) is 11.9 Å². The second kappa shape index (κ2) is 9.15. The third-order valence-corrected chi connectivity index (χ3v) is 4.69. The Hall–Kier alpha value is -4.15. The summed E-state index contributed by atoms with van der Waals surface area (Å²) in [6.07, 6.45) is -0.896. The van der Waals surface area contributed by atoms with Crippen LogP contribution in [-0.4, -0.2) is 50.0 Å². The van der Waals surface area contributed by atoms with Crippen LogP contribution in [0.15, 0.2) is 41.6 Å². The number of carbonyl (C=O) groups is 2. The van der Waals surface area contributed by atoms with E-state index < -0.39 is 30.4 Å². The van der Waals surface area contributed by atoms with Crippen LogP contribution in [0.2, 0.25) is 0 Å². The number of halogens is 1. The summed E-state index contributed by atoms with van der Waals surface area (Å²) >= 11 is 0. The van der Waals surface area contributed by atoms with Crippen LogP contribution in [0.5, 0.6) is 0 Å². The van der Waals surface area contributed by atoms with E-state index in [1.165, 1.54) is 16.8 Å². The topological polar surface area (TPSA) is 121 Å². The van der Waals surface area contributed by atoms with Crippen LogP contribution in [0.3, 0.4) is 0 Å². The Morgan fingerprint density at radius 2 is 1.91 bits per heavy atom. The minimum absolute atomic E-state index is 0.111. The highest BCUT2D eigenvalue weighted by molar-refractivity contribution is 6.03. The van der Waals surface area contributed by atoms with Crippen molar-refractivity contribution in [2.24, 2.45) is 5.16 Å². The second-order valence-corrected chi connectivity index (χ2v) is 7.54. The molecule has 0 spiro atoms. The minimum atomic E-state index is -1.01. The lowest BCUT2D eigenvalue weighted by Gasteiger charge is -2.10. The fourth-order valence-electron chi connectivity index (χ4n) is 3.29. The predicted octanol–water partition coefficient (Wildman–Crippen LogP) is 2.40. The van der Waals surface area contributed by atoms with E-state index in [2.05, 4.69) is 25.5 Å². The number of carbonyl (C=O) groups excluding carboxylic acids is 2. The maximum Gasteiger partial charge on any atom is 0.351 e. The van der Waals surface area contributed by atoms with Gasteiger partial charge in [-0.3, -0.25) is 4.79 Å². The van der Waals surface area contributed by atoms with Crippen LogP contribution < -0.4 is 5.32 Å². The first-order chi connectivity index (χ1) is 15.8. The number of ether oxygens (including phenoxy) is 1. The first kappa shape index (κ1) is 22.1. The summed E-state index contributed by atoms with van der Waals surface area (Å²) in [5.74, 6) is -1.08. The Morgan fingerprint density at radius 3 is 2.64 bits per heavy atom. The van der Waals surface area contributed by atoms with E-state index in [1.54, 1.807) is 25.1 Å². The third kappa shape index (κ3) is 5.20. The van der Waals surface area contributed by atoms with Crippen LogP contribution in [-0.2, 0) is 19.2 Å². The SMILES string of the molecule is Cc1cc(C)nc(-n2nc(C)cc2NC(=O)COC(=O)C2CC(c3cccc(F)c3)=NO2)n1. The van der Waals surface area contributed by atoms with Gasteiger partial charge in [-0.25, -0.2) is 19.2 Å². The van der Waals surface area contributed by atoms with Crippen LogP contribution in [0.4, 0.5) is 10.2 Å². The molecule has 3 heterocycles. The van der Waals surface area contributed by atoms with Crippen molar-refractivity contribution in [3.8, 4) is 5.95 Å². The molecule has 1 aliphatic rings. The molecule has 2 aromatic heterocycles. The molecule has 1 unspecified atom stereocenters. The Morgan fingerprint density at radius 1 is 1.15 bits per heavy atom. The number of oxime groups is 1. The minimum Gasteiger partial charge on any atom is -0.453 e. The van der Waals surface area contributed by atoms with E-state index in [4.69, 9.17) is 9.57 Å². The largest absolute Gasteiger partial charge is 0.453 e. The van der Waals surface area contributed by atoms with Gasteiger partial charge in [0.2, 0.25) is 6.10 Å². The van der Waals surface area contributed by atoms with E-state index in [-0.39, 0.29) is 6.42 Å². The van der Waals surface area contributed by atoms with Gasteiger partial charge in [0.1, 0.15) is 11.6 Å². The first-order valence-electron chi connectivity index (χ1n) is 10.1. The van der Waals surface area contributed by atoms with Gasteiger partial charge in [0.05, 0.1) is 11.4 Å². The second-order valence-electron chi connectivity index (χ2n) is 7.54. The fourth-order valence-corrected chi connectivity index (χ4v) is 3.29. The summed E-state index contributed by atoms with van der Waals surface area (Å²) in [5, 5.41) is 10.8. The molecular weight excluding hydrogens is 431 g/mol. The van der Waals surface area contributed by atoms with E-state index in [1.807, 2.05) is 19.9 Å². The van der Waals surface area contributed by atoms with Gasteiger partial charge in [-0.15, -0.1) is 0 Å². The van der Waals surface area contributed by atoms with E-state index >= 15 is 0 Å². The molecule has 170 valence electrons. The van der Waals surface area contributed by atoms with Gasteiger partial charge in [-0.1, -0.05) is 17.3 Å². The molecule has 33 heavy (non-hydrogen) atoms. The van der Waals surface area contributed by atoms with E-state index in [9.17, 15) is 14.0 Å². The van der Waals surface area contributed by atoms with Gasteiger partial charge < -0.3 is 14.9 Å². The molecule has 1 N–H and O–H groups in total. The van der Waals surface area contributed by atoms with Gasteiger partial charge in [0.15, 0.2) is 6.61 Å². The summed E-state index contributed by atoms with van der Waals surface area (Å²) in [7, 11) is 0. The number of anilines is 1. The highest BCUT2D eigenvalue weighted by atomic mass is 19.1. The van der Waals surface area contributed by atoms with Crippen LogP contribution in [0.1, 0.15) is 29.1 Å². The zero-order chi connectivity index (χ0) is 23.5. The number of aryl methyl sites for hydroxylation is 3. The highest BCUT2D eigenvalue weighted by Gasteiger charge is 2.31. The number of hydrogen-bond donors (Lipinski definition) is 1. The molecular formula is C22H21FN6O4. The van der Waals surface area contributed by atoms with Crippen molar-refractivity contribution in [2.45, 2.75) is 33.3 Å². The van der Waals surface area contributed by atoms with Crippen LogP contribution in [0.25, 0.3) is 5.95 Å². The molecule has 0 radical (unpaired) electrons. The summed E-state index contributed by atoms with van der Waals surface area (Å²) < 4.78 is 19.9. The molecule has 0 bridgehead atoms. The van der Waals surface area contributed by atoms with E-state index in [0.29, 0.717) is 28.7 Å². The van der Waals surface area contributed by atoms with Crippen molar-refractivity contribution in [1.29, 1.82) is 0 Å². The number of nitrogens with zero attached hydrogens (tertiary/aromatic N) is 5. The van der Waals surface area contributed by atoms with Crippen LogP contribution in [0, 0.1) is 26.6 Å². The number of esters is 1. The summed E-state index contributed by atoms with van der Waals surface area (Å²) in [4.78, 5) is 38.5. The lowest BCUT2D eigenvalue weighted by atomic mass is 10.1. The number of hydrogen-bond acceptors (Lipinski definition) is 8. The zero-order valence-electron chi connectivity index (χ0n) is 18.2. The van der Waals surface area contributed by atoms with E-state index in [0.717, 1.165) is 11.4 Å². The maximum absolute atomic E-state index is 13.4. The van der Waals surface area contributed by atoms with Gasteiger partial charge in [0.25, 0.3) is 11.9 Å². The molecule has 0 fully saturated rings. The lowest BCUT2D eigenvalue weighted by molar-refractivity contribution is -0.157. The predicted molar refractivity (Wildman–Crippen MR) is 115 cm³/mol. The van der Waals surface area contributed by atoms with Gasteiger partial charge in [-0.05, 0) is 39.0 Å². The Kier molecular flexibility index (Phi) is 6.11. The number of aromatic nitrogens is 4. The monoisotopic (exact) mass is 452 g/mol. The number of rotatable bonds is 6. The molecule has 1 aliphatic heterocycles. The van der Waals surface area contributed by atoms with Crippen molar-refractivity contribution >= 4 is 23.4 Å². The molecule has 11 heteroatoms. The van der Waals surface area contributed by atoms with Gasteiger partial charge in [0, 0.05) is 29.4 Å². The average Bonchev–Trinajstić information content (AvgIpc) is 3.38. The quantitative estimate of drug-likeness (QED) is 0.570. The summed E-state index contributed by atoms with van der Waals surface area (Å²) in [6.45, 7) is 4.90. The van der Waals surface area contributed by atoms with Crippen molar-refractivity contribution in [3.63, 3.8) is 0 Å². The Bertz CT molecular complexity index is 1240. The maximum atomic E-state index is 13.4.